The van der Waals surface area contributed by atoms with Crippen LogP contribution in [0, 0.1) is 0 Å². The molecule has 0 bridgehead atoms. The zero-order valence-corrected chi connectivity index (χ0v) is 15.7. The molecule has 5 heteroatoms. The lowest BCUT2D eigenvalue weighted by Crippen LogP contribution is -2.44. The molecule has 27 heavy (non-hydrogen) atoms. The molecule has 1 amide bonds. The number of fused-ring (bicyclic) bond motifs is 1. The number of carbonyl (C=O) groups is 2. The van der Waals surface area contributed by atoms with E-state index in [1.54, 1.807) is 30.1 Å². The van der Waals surface area contributed by atoms with Gasteiger partial charge in [-0.1, -0.05) is 41.9 Å². The highest BCUT2D eigenvalue weighted by Gasteiger charge is 2.51. The van der Waals surface area contributed by atoms with E-state index in [4.69, 9.17) is 11.6 Å². The summed E-state index contributed by atoms with van der Waals surface area (Å²) in [5.74, 6) is -0.0371. The molecule has 0 unspecified atom stereocenters. The summed E-state index contributed by atoms with van der Waals surface area (Å²) in [4.78, 5) is 27.8. The predicted octanol–water partition coefficient (Wildman–Crippen LogP) is 4.52. The van der Waals surface area contributed by atoms with E-state index in [-0.39, 0.29) is 18.1 Å². The molecule has 1 aromatic heterocycles. The van der Waals surface area contributed by atoms with Crippen LogP contribution in [-0.4, -0.2) is 23.3 Å². The summed E-state index contributed by atoms with van der Waals surface area (Å²) >= 11 is 6.26. The molecule has 0 fully saturated rings. The minimum Gasteiger partial charge on any atom is -0.335 e. The number of halogens is 1. The molecule has 0 saturated carbocycles. The molecular formula is C22H19ClN2O2. The molecule has 1 aliphatic rings. The minimum absolute atomic E-state index is 0.0214. The molecule has 4 nitrogen and oxygen atoms in total. The number of hydrogen-bond acceptors (Lipinski definition) is 2. The molecule has 2 heterocycles. The van der Waals surface area contributed by atoms with E-state index in [9.17, 15) is 9.59 Å². The molecule has 136 valence electrons. The van der Waals surface area contributed by atoms with Crippen LogP contribution in [-0.2, 0) is 10.3 Å². The Kier molecular flexibility index (Phi) is 4.36. The third-order valence-electron chi connectivity index (χ3n) is 5.28. The quantitative estimate of drug-likeness (QED) is 0.612. The van der Waals surface area contributed by atoms with Crippen molar-refractivity contribution in [1.29, 1.82) is 0 Å². The van der Waals surface area contributed by atoms with E-state index in [0.717, 1.165) is 11.3 Å². The Morgan fingerprint density at radius 3 is 2.44 bits per heavy atom. The van der Waals surface area contributed by atoms with Crippen molar-refractivity contribution in [3.8, 4) is 0 Å². The summed E-state index contributed by atoms with van der Waals surface area (Å²) in [6.45, 7) is 0. The van der Waals surface area contributed by atoms with Crippen LogP contribution in [0.3, 0.4) is 0 Å². The Morgan fingerprint density at radius 2 is 1.74 bits per heavy atom. The average molecular weight is 379 g/mol. The van der Waals surface area contributed by atoms with Gasteiger partial charge in [-0.05, 0) is 36.8 Å². The van der Waals surface area contributed by atoms with Gasteiger partial charge >= 0.3 is 0 Å². The first kappa shape index (κ1) is 17.6. The van der Waals surface area contributed by atoms with Crippen molar-refractivity contribution >= 4 is 29.0 Å². The van der Waals surface area contributed by atoms with Crippen molar-refractivity contribution in [2.45, 2.75) is 18.4 Å². The number of likely N-dealkylation sites (N-methyl/N-ethyl adjacent to an activating group) is 1. The molecule has 3 aromatic rings. The van der Waals surface area contributed by atoms with Gasteiger partial charge in [0.15, 0.2) is 11.3 Å². The number of Topliss-reactive ketones (excluding diaryl/α,β-unsaturated/α-hetero) is 1. The summed E-state index contributed by atoms with van der Waals surface area (Å²) in [6.07, 6.45) is 4.36. The monoisotopic (exact) mass is 378 g/mol. The fraction of sp³-hybridized carbons (Fsp3) is 0.182. The third kappa shape index (κ3) is 2.77. The molecule has 0 aliphatic carbocycles. The van der Waals surface area contributed by atoms with Crippen LogP contribution in [0.5, 0.6) is 0 Å². The Bertz CT molecular complexity index is 998. The molecule has 1 atom stereocenters. The van der Waals surface area contributed by atoms with Crippen LogP contribution in [0.25, 0.3) is 0 Å². The average Bonchev–Trinajstić information content (AvgIpc) is 3.29. The molecule has 2 aromatic carbocycles. The van der Waals surface area contributed by atoms with Gasteiger partial charge in [-0.3, -0.25) is 9.59 Å². The Morgan fingerprint density at radius 1 is 1.04 bits per heavy atom. The van der Waals surface area contributed by atoms with Gasteiger partial charge in [0.25, 0.3) is 5.91 Å². The summed E-state index contributed by atoms with van der Waals surface area (Å²) in [6, 6.07) is 18.4. The van der Waals surface area contributed by atoms with Crippen LogP contribution in [0.1, 0.15) is 28.8 Å². The number of benzene rings is 2. The van der Waals surface area contributed by atoms with Crippen LogP contribution < -0.4 is 4.90 Å². The Labute approximate surface area is 163 Å². The van der Waals surface area contributed by atoms with E-state index in [1.807, 2.05) is 59.4 Å². The van der Waals surface area contributed by atoms with Crippen molar-refractivity contribution in [2.24, 2.45) is 0 Å². The van der Waals surface area contributed by atoms with E-state index < -0.39 is 5.54 Å². The van der Waals surface area contributed by atoms with Gasteiger partial charge in [-0.2, -0.15) is 0 Å². The number of nitrogens with zero attached hydrogens (tertiary/aromatic N) is 2. The van der Waals surface area contributed by atoms with Gasteiger partial charge in [0.2, 0.25) is 0 Å². The van der Waals surface area contributed by atoms with Gasteiger partial charge in [0.1, 0.15) is 0 Å². The number of rotatable bonds is 5. The fourth-order valence-electron chi connectivity index (χ4n) is 3.91. The van der Waals surface area contributed by atoms with Gasteiger partial charge in [0.05, 0.1) is 0 Å². The maximum absolute atomic E-state index is 13.4. The van der Waals surface area contributed by atoms with E-state index in [2.05, 4.69) is 0 Å². The largest absolute Gasteiger partial charge is 0.335 e. The first-order chi connectivity index (χ1) is 13.0. The number of aromatic nitrogens is 1. The second-order valence-corrected chi connectivity index (χ2v) is 7.20. The van der Waals surface area contributed by atoms with E-state index in [1.165, 1.54) is 0 Å². The van der Waals surface area contributed by atoms with Gasteiger partial charge in [-0.15, -0.1) is 0 Å². The van der Waals surface area contributed by atoms with Crippen molar-refractivity contribution in [3.05, 3.63) is 89.2 Å². The number of carbonyl (C=O) groups excluding carboxylic acids is 2. The highest BCUT2D eigenvalue weighted by atomic mass is 35.5. The number of ketones is 1. The smallest absolute Gasteiger partial charge is 0.257 e. The Balaban J connectivity index is 1.78. The lowest BCUT2D eigenvalue weighted by molar-refractivity contribution is -0.124. The maximum atomic E-state index is 13.4. The van der Waals surface area contributed by atoms with Crippen LogP contribution in [0.4, 0.5) is 5.69 Å². The second kappa shape index (κ2) is 6.71. The first-order valence-electron chi connectivity index (χ1n) is 8.84. The standard InChI is InChI=1S/C22H19ClN2O2/c1-24-19-10-9-17(23)15-18(19)22(21(24)27,25-13-5-6-14-25)12-11-20(26)16-7-3-2-4-8-16/h2-10,13-15H,11-12H2,1H3/t22-/m1/s1. The lowest BCUT2D eigenvalue weighted by atomic mass is 9.84. The third-order valence-corrected chi connectivity index (χ3v) is 5.51. The van der Waals surface area contributed by atoms with Crippen molar-refractivity contribution < 1.29 is 9.59 Å². The predicted molar refractivity (Wildman–Crippen MR) is 106 cm³/mol. The number of amides is 1. The zero-order chi connectivity index (χ0) is 19.0. The maximum Gasteiger partial charge on any atom is 0.257 e. The van der Waals surface area contributed by atoms with Crippen LogP contribution in [0.2, 0.25) is 5.02 Å². The fourth-order valence-corrected chi connectivity index (χ4v) is 4.08. The van der Waals surface area contributed by atoms with E-state index >= 15 is 0 Å². The zero-order valence-electron chi connectivity index (χ0n) is 14.9. The summed E-state index contributed by atoms with van der Waals surface area (Å²) in [5.41, 5.74) is 1.35. The lowest BCUT2D eigenvalue weighted by Gasteiger charge is -2.30. The molecular weight excluding hydrogens is 360 g/mol. The van der Waals surface area contributed by atoms with Crippen molar-refractivity contribution in [1.82, 2.24) is 4.57 Å². The van der Waals surface area contributed by atoms with Crippen LogP contribution in [0.15, 0.2) is 73.1 Å². The van der Waals surface area contributed by atoms with Gasteiger partial charge in [0, 0.05) is 47.7 Å². The number of hydrogen-bond donors (Lipinski definition) is 0. The summed E-state index contributed by atoms with van der Waals surface area (Å²) < 4.78 is 1.90. The SMILES string of the molecule is CN1C(=O)[C@](CCC(=O)c2ccccc2)(n2cccc2)c2cc(Cl)ccc21. The highest BCUT2D eigenvalue weighted by Crippen LogP contribution is 2.46. The van der Waals surface area contributed by atoms with Crippen molar-refractivity contribution in [2.75, 3.05) is 11.9 Å². The Hall–Kier alpha value is -2.85. The molecule has 1 aliphatic heterocycles. The molecule has 0 spiro atoms. The normalized spacial score (nSPS) is 18.6. The van der Waals surface area contributed by atoms with Crippen molar-refractivity contribution in [3.63, 3.8) is 0 Å². The minimum atomic E-state index is -0.969. The number of anilines is 1. The molecule has 4 rings (SSSR count). The topological polar surface area (TPSA) is 42.3 Å². The molecule has 0 saturated heterocycles. The summed E-state index contributed by atoms with van der Waals surface area (Å²) in [7, 11) is 1.76. The second-order valence-electron chi connectivity index (χ2n) is 6.77. The van der Waals surface area contributed by atoms with Gasteiger partial charge < -0.3 is 9.47 Å². The summed E-state index contributed by atoms with van der Waals surface area (Å²) in [5, 5.41) is 0.572. The van der Waals surface area contributed by atoms with Crippen LogP contribution >= 0.6 is 11.6 Å². The van der Waals surface area contributed by atoms with E-state index in [0.29, 0.717) is 17.0 Å². The highest BCUT2D eigenvalue weighted by molar-refractivity contribution is 6.31. The van der Waals surface area contributed by atoms with Gasteiger partial charge in [-0.25, -0.2) is 0 Å². The molecule has 0 N–H and O–H groups in total. The molecule has 0 radical (unpaired) electrons. The first-order valence-corrected chi connectivity index (χ1v) is 9.22.